The van der Waals surface area contributed by atoms with Crippen molar-refractivity contribution < 1.29 is 13.6 Å². The molecular formula is C11H15BrClO3PS. The average Bonchev–Trinajstić information content (AvgIpc) is 2.31. The highest BCUT2D eigenvalue weighted by atomic mass is 79.9. The van der Waals surface area contributed by atoms with Crippen LogP contribution in [0.2, 0.25) is 5.02 Å². The molecule has 0 saturated carbocycles. The van der Waals surface area contributed by atoms with Gasteiger partial charge in [-0.2, -0.15) is 0 Å². The molecule has 0 aliphatic heterocycles. The summed E-state index contributed by atoms with van der Waals surface area (Å²) in [4.78, 5) is 0. The maximum Gasteiger partial charge on any atom is 0.380 e. The molecule has 0 aliphatic carbocycles. The summed E-state index contributed by atoms with van der Waals surface area (Å²) in [6, 6.07) is 5.30. The zero-order valence-electron chi connectivity index (χ0n) is 10.2. The van der Waals surface area contributed by atoms with Gasteiger partial charge in [0.05, 0.1) is 18.2 Å². The van der Waals surface area contributed by atoms with E-state index < -0.39 is 6.72 Å². The van der Waals surface area contributed by atoms with E-state index in [-0.39, 0.29) is 0 Å². The molecule has 7 heteroatoms. The Bertz CT molecular complexity index is 444. The van der Waals surface area contributed by atoms with Crippen LogP contribution in [0.25, 0.3) is 0 Å². The molecule has 1 aromatic rings. The smallest absolute Gasteiger partial charge is 0.380 e. The van der Waals surface area contributed by atoms with Gasteiger partial charge in [0.1, 0.15) is 5.75 Å². The molecule has 0 aromatic heterocycles. The standard InChI is InChI=1S/C11H15BrClO3PS/c1-3-7-15-17(18,14-4-2)16-11-6-5-9(12)8-10(11)13/h5-6,8H,3-4,7H2,1-2H3. The molecule has 0 amide bonds. The van der Waals surface area contributed by atoms with Gasteiger partial charge in [0, 0.05) is 16.3 Å². The molecule has 18 heavy (non-hydrogen) atoms. The Morgan fingerprint density at radius 2 is 2.06 bits per heavy atom. The van der Waals surface area contributed by atoms with Crippen LogP contribution in [0.5, 0.6) is 5.75 Å². The predicted molar refractivity (Wildman–Crippen MR) is 81.9 cm³/mol. The van der Waals surface area contributed by atoms with Gasteiger partial charge < -0.3 is 4.52 Å². The number of hydrogen-bond donors (Lipinski definition) is 0. The van der Waals surface area contributed by atoms with Gasteiger partial charge in [-0.15, -0.1) is 0 Å². The molecule has 0 spiro atoms. The minimum absolute atomic E-state index is 0.440. The lowest BCUT2D eigenvalue weighted by Gasteiger charge is -2.22. The second kappa shape index (κ2) is 7.83. The van der Waals surface area contributed by atoms with Crippen molar-refractivity contribution in [2.75, 3.05) is 13.2 Å². The second-order valence-electron chi connectivity index (χ2n) is 3.36. The number of hydrogen-bond acceptors (Lipinski definition) is 4. The van der Waals surface area contributed by atoms with Crippen LogP contribution in [0, 0.1) is 0 Å². The van der Waals surface area contributed by atoms with Crippen molar-refractivity contribution in [3.63, 3.8) is 0 Å². The van der Waals surface area contributed by atoms with Crippen LogP contribution < -0.4 is 4.52 Å². The molecule has 0 aliphatic rings. The normalized spacial score (nSPS) is 14.2. The van der Waals surface area contributed by atoms with Crippen LogP contribution in [0.3, 0.4) is 0 Å². The van der Waals surface area contributed by atoms with Gasteiger partial charge in [-0.3, -0.25) is 9.05 Å². The Hall–Kier alpha value is 0.360. The highest BCUT2D eigenvalue weighted by molar-refractivity contribution is 9.10. The van der Waals surface area contributed by atoms with E-state index in [1.54, 1.807) is 12.1 Å². The van der Waals surface area contributed by atoms with Gasteiger partial charge in [-0.1, -0.05) is 34.5 Å². The SMILES string of the molecule is CCCOP(=S)(OCC)Oc1ccc(Br)cc1Cl. The van der Waals surface area contributed by atoms with Gasteiger partial charge in [0.25, 0.3) is 0 Å². The van der Waals surface area contributed by atoms with Gasteiger partial charge in [-0.05, 0) is 31.5 Å². The molecule has 0 radical (unpaired) electrons. The zero-order valence-corrected chi connectivity index (χ0v) is 14.2. The Kier molecular flexibility index (Phi) is 7.14. The fraction of sp³-hybridized carbons (Fsp3) is 0.455. The highest BCUT2D eigenvalue weighted by Crippen LogP contribution is 2.51. The van der Waals surface area contributed by atoms with Crippen LogP contribution in [0.4, 0.5) is 0 Å². The number of benzene rings is 1. The first kappa shape index (κ1) is 16.4. The molecule has 1 rings (SSSR count). The second-order valence-corrected chi connectivity index (χ2v) is 7.62. The van der Waals surface area contributed by atoms with Crippen LogP contribution in [0.15, 0.2) is 22.7 Å². The first-order valence-corrected chi connectivity index (χ1v) is 9.27. The highest BCUT2D eigenvalue weighted by Gasteiger charge is 2.22. The lowest BCUT2D eigenvalue weighted by atomic mass is 10.3. The molecule has 1 atom stereocenters. The Labute approximate surface area is 126 Å². The minimum atomic E-state index is -2.77. The summed E-state index contributed by atoms with van der Waals surface area (Å²) in [6.45, 7) is 2.03. The van der Waals surface area contributed by atoms with Crippen molar-refractivity contribution in [2.24, 2.45) is 0 Å². The molecule has 0 fully saturated rings. The summed E-state index contributed by atoms with van der Waals surface area (Å²) in [5.41, 5.74) is 0. The first-order valence-electron chi connectivity index (χ1n) is 5.54. The maximum atomic E-state index is 6.08. The molecular weight excluding hydrogens is 359 g/mol. The van der Waals surface area contributed by atoms with Crippen molar-refractivity contribution in [1.82, 2.24) is 0 Å². The fourth-order valence-electron chi connectivity index (χ4n) is 1.12. The van der Waals surface area contributed by atoms with Gasteiger partial charge in [-0.25, -0.2) is 0 Å². The monoisotopic (exact) mass is 372 g/mol. The van der Waals surface area contributed by atoms with E-state index in [0.717, 1.165) is 10.9 Å². The number of rotatable bonds is 7. The topological polar surface area (TPSA) is 27.7 Å². The van der Waals surface area contributed by atoms with Crippen molar-refractivity contribution >= 4 is 46.1 Å². The molecule has 1 unspecified atom stereocenters. The lowest BCUT2D eigenvalue weighted by Crippen LogP contribution is -2.03. The Morgan fingerprint density at radius 1 is 1.33 bits per heavy atom. The van der Waals surface area contributed by atoms with E-state index >= 15 is 0 Å². The third-order valence-electron chi connectivity index (χ3n) is 1.84. The van der Waals surface area contributed by atoms with Crippen molar-refractivity contribution in [3.8, 4) is 5.75 Å². The summed E-state index contributed by atoms with van der Waals surface area (Å²) >= 11 is 14.7. The van der Waals surface area contributed by atoms with Crippen molar-refractivity contribution in [1.29, 1.82) is 0 Å². The van der Waals surface area contributed by atoms with Crippen LogP contribution in [-0.4, -0.2) is 13.2 Å². The predicted octanol–water partition coefficient (Wildman–Crippen LogP) is 5.17. The summed E-state index contributed by atoms with van der Waals surface area (Å²) in [7, 11) is 0. The summed E-state index contributed by atoms with van der Waals surface area (Å²) < 4.78 is 17.5. The summed E-state index contributed by atoms with van der Waals surface area (Å²) in [5.74, 6) is 0.479. The van der Waals surface area contributed by atoms with E-state index in [9.17, 15) is 0 Å². The quantitative estimate of drug-likeness (QED) is 0.616. The molecule has 0 bridgehead atoms. The fourth-order valence-corrected chi connectivity index (χ4v) is 3.97. The minimum Gasteiger partial charge on any atom is -0.423 e. The van der Waals surface area contributed by atoms with Crippen molar-refractivity contribution in [3.05, 3.63) is 27.7 Å². The largest absolute Gasteiger partial charge is 0.423 e. The van der Waals surface area contributed by atoms with Crippen LogP contribution in [-0.2, 0) is 20.9 Å². The molecule has 0 N–H and O–H groups in total. The summed E-state index contributed by atoms with van der Waals surface area (Å²) in [6.07, 6.45) is 0.850. The molecule has 102 valence electrons. The van der Waals surface area contributed by atoms with Gasteiger partial charge in [0.15, 0.2) is 0 Å². The average molecular weight is 374 g/mol. The maximum absolute atomic E-state index is 6.08. The van der Waals surface area contributed by atoms with Gasteiger partial charge >= 0.3 is 6.72 Å². The van der Waals surface area contributed by atoms with E-state index in [1.807, 2.05) is 19.9 Å². The van der Waals surface area contributed by atoms with Crippen molar-refractivity contribution in [2.45, 2.75) is 20.3 Å². The van der Waals surface area contributed by atoms with E-state index in [1.165, 1.54) is 0 Å². The molecule has 1 aromatic carbocycles. The van der Waals surface area contributed by atoms with E-state index in [4.69, 9.17) is 37.0 Å². The van der Waals surface area contributed by atoms with E-state index in [0.29, 0.717) is 24.0 Å². The summed E-state index contributed by atoms with van der Waals surface area (Å²) in [5, 5.41) is 0.471. The Balaban J connectivity index is 2.85. The molecule has 0 saturated heterocycles. The lowest BCUT2D eigenvalue weighted by molar-refractivity contribution is 0.210. The van der Waals surface area contributed by atoms with Crippen LogP contribution >= 0.6 is 34.2 Å². The molecule has 0 heterocycles. The zero-order chi connectivity index (χ0) is 13.6. The third kappa shape index (κ3) is 5.16. The molecule has 3 nitrogen and oxygen atoms in total. The number of halogens is 2. The van der Waals surface area contributed by atoms with Crippen LogP contribution in [0.1, 0.15) is 20.3 Å². The third-order valence-corrected chi connectivity index (χ3v) is 4.98. The van der Waals surface area contributed by atoms with E-state index in [2.05, 4.69) is 15.9 Å². The van der Waals surface area contributed by atoms with Gasteiger partial charge in [0.2, 0.25) is 0 Å². The first-order chi connectivity index (χ1) is 8.50. The Morgan fingerprint density at radius 3 is 2.61 bits per heavy atom.